The fourth-order valence-corrected chi connectivity index (χ4v) is 3.98. The summed E-state index contributed by atoms with van der Waals surface area (Å²) >= 11 is 0. The van der Waals surface area contributed by atoms with E-state index in [4.69, 9.17) is 28.4 Å². The van der Waals surface area contributed by atoms with E-state index in [9.17, 15) is 9.90 Å². The van der Waals surface area contributed by atoms with Crippen molar-refractivity contribution in [2.75, 3.05) is 39.6 Å². The molecule has 2 aromatic rings. The van der Waals surface area contributed by atoms with E-state index in [0.717, 1.165) is 19.3 Å². The molecule has 3 rings (SSSR count). The number of carbonyl (C=O) groups is 1. The minimum absolute atomic E-state index is 0.0974. The Balaban J connectivity index is 1.70. The summed E-state index contributed by atoms with van der Waals surface area (Å²) in [7, 11) is 0. The number of unbranched alkanes of at least 4 members (excludes halogenated alkanes) is 5. The second-order valence-corrected chi connectivity index (χ2v) is 8.97. The molecular weight excluding hydrogens is 476 g/mol. The van der Waals surface area contributed by atoms with Crippen molar-refractivity contribution in [1.82, 2.24) is 0 Å². The van der Waals surface area contributed by atoms with Crippen molar-refractivity contribution in [1.29, 1.82) is 0 Å². The van der Waals surface area contributed by atoms with Crippen molar-refractivity contribution in [2.45, 2.75) is 64.1 Å². The van der Waals surface area contributed by atoms with E-state index in [0.29, 0.717) is 55.8 Å². The zero-order valence-corrected chi connectivity index (χ0v) is 21.8. The van der Waals surface area contributed by atoms with Gasteiger partial charge in [-0.25, -0.2) is 4.79 Å². The number of ether oxygens (including phenoxy) is 6. The minimum atomic E-state index is -0.979. The molecule has 1 aliphatic heterocycles. The molecule has 2 aromatic carbocycles. The van der Waals surface area contributed by atoms with E-state index in [1.165, 1.54) is 19.3 Å². The Bertz CT molecular complexity index is 863. The average molecular weight is 517 g/mol. The molecule has 0 aromatic heterocycles. The lowest BCUT2D eigenvalue weighted by Gasteiger charge is -2.24. The molecule has 0 fully saturated rings. The summed E-state index contributed by atoms with van der Waals surface area (Å²) in [6, 6.07) is 14.7. The Morgan fingerprint density at radius 1 is 0.784 bits per heavy atom. The van der Waals surface area contributed by atoms with Gasteiger partial charge in [0.25, 0.3) is 0 Å². The highest BCUT2D eigenvalue weighted by Gasteiger charge is 2.25. The number of hydrogen-bond donors (Lipinski definition) is 1. The summed E-state index contributed by atoms with van der Waals surface area (Å²) in [5.41, 5.74) is 0. The first-order chi connectivity index (χ1) is 18.2. The molecule has 1 aliphatic rings. The Morgan fingerprint density at radius 3 is 1.78 bits per heavy atom. The third kappa shape index (κ3) is 10.5. The van der Waals surface area contributed by atoms with Crippen LogP contribution in [0.5, 0.6) is 23.0 Å². The van der Waals surface area contributed by atoms with Crippen molar-refractivity contribution in [3.63, 3.8) is 0 Å². The largest absolute Gasteiger partial charge is 0.487 e. The van der Waals surface area contributed by atoms with E-state index in [-0.39, 0.29) is 13.2 Å². The van der Waals surface area contributed by atoms with Crippen molar-refractivity contribution in [2.24, 2.45) is 0 Å². The zero-order valence-electron chi connectivity index (χ0n) is 21.8. The van der Waals surface area contributed by atoms with Crippen molar-refractivity contribution >= 4 is 5.97 Å². The normalized spacial score (nSPS) is 16.1. The predicted molar refractivity (Wildman–Crippen MR) is 140 cm³/mol. The smallest absolute Gasteiger partial charge is 0.332 e. The van der Waals surface area contributed by atoms with Gasteiger partial charge in [-0.2, -0.15) is 0 Å². The number of carboxylic acids is 1. The van der Waals surface area contributed by atoms with Crippen molar-refractivity contribution in [3.8, 4) is 23.0 Å². The molecule has 204 valence electrons. The van der Waals surface area contributed by atoms with E-state index < -0.39 is 18.2 Å². The van der Waals surface area contributed by atoms with Crippen molar-refractivity contribution < 1.29 is 38.3 Å². The lowest BCUT2D eigenvalue weighted by atomic mass is 10.1. The van der Waals surface area contributed by atoms with Crippen LogP contribution in [0, 0.1) is 0 Å². The maximum atomic E-state index is 12.0. The Morgan fingerprint density at radius 2 is 1.27 bits per heavy atom. The van der Waals surface area contributed by atoms with Gasteiger partial charge < -0.3 is 33.5 Å². The first-order valence-corrected chi connectivity index (χ1v) is 13.3. The van der Waals surface area contributed by atoms with Gasteiger partial charge in [0.05, 0.1) is 13.2 Å². The molecule has 0 saturated heterocycles. The summed E-state index contributed by atoms with van der Waals surface area (Å²) in [6.45, 7) is 3.90. The molecule has 0 radical (unpaired) electrons. The standard InChI is InChI=1S/C29H40O8/c1-2-3-4-5-6-7-16-28(29(30)31)37-23-21-35-26-14-10-8-12-24(26)33-19-17-32-18-20-34-25-13-9-11-15-27(25)36-22-23/h8-15,23,28H,2-7,16-22H2,1H3,(H,30,31). The van der Waals surface area contributed by atoms with Crippen LogP contribution < -0.4 is 18.9 Å². The third-order valence-corrected chi connectivity index (χ3v) is 5.97. The summed E-state index contributed by atoms with van der Waals surface area (Å²) in [6.07, 6.45) is 5.33. The lowest BCUT2D eigenvalue weighted by molar-refractivity contribution is -0.157. The quantitative estimate of drug-likeness (QED) is 0.413. The highest BCUT2D eigenvalue weighted by molar-refractivity contribution is 5.72. The number of para-hydroxylation sites is 4. The van der Waals surface area contributed by atoms with Gasteiger partial charge in [0.2, 0.25) is 0 Å². The van der Waals surface area contributed by atoms with Gasteiger partial charge in [-0.05, 0) is 30.7 Å². The van der Waals surface area contributed by atoms with Gasteiger partial charge in [0.1, 0.15) is 32.5 Å². The molecule has 0 amide bonds. The van der Waals surface area contributed by atoms with Crippen LogP contribution in [0.15, 0.2) is 48.5 Å². The van der Waals surface area contributed by atoms with Crippen LogP contribution in [0.3, 0.4) is 0 Å². The van der Waals surface area contributed by atoms with Crippen LogP contribution in [-0.2, 0) is 14.3 Å². The second kappa shape index (κ2) is 16.7. The number of aliphatic carboxylic acids is 1. The lowest BCUT2D eigenvalue weighted by Crippen LogP contribution is -2.36. The van der Waals surface area contributed by atoms with Crippen LogP contribution in [0.2, 0.25) is 0 Å². The molecule has 0 aliphatic carbocycles. The molecule has 0 saturated carbocycles. The molecule has 1 N–H and O–H groups in total. The molecule has 8 nitrogen and oxygen atoms in total. The van der Waals surface area contributed by atoms with E-state index >= 15 is 0 Å². The van der Waals surface area contributed by atoms with Crippen LogP contribution in [0.4, 0.5) is 0 Å². The summed E-state index contributed by atoms with van der Waals surface area (Å²) in [5, 5.41) is 9.84. The number of fused-ring (bicyclic) bond motifs is 2. The van der Waals surface area contributed by atoms with Crippen LogP contribution >= 0.6 is 0 Å². The van der Waals surface area contributed by atoms with Gasteiger partial charge in [-0.15, -0.1) is 0 Å². The van der Waals surface area contributed by atoms with Gasteiger partial charge in [-0.3, -0.25) is 0 Å². The van der Waals surface area contributed by atoms with E-state index in [1.54, 1.807) is 0 Å². The molecule has 1 atom stereocenters. The molecular formula is C29H40O8. The fourth-order valence-electron chi connectivity index (χ4n) is 3.98. The molecule has 0 bridgehead atoms. The molecule has 0 spiro atoms. The maximum absolute atomic E-state index is 12.0. The van der Waals surface area contributed by atoms with Gasteiger partial charge in [0.15, 0.2) is 29.1 Å². The highest BCUT2D eigenvalue weighted by Crippen LogP contribution is 2.29. The third-order valence-electron chi connectivity index (χ3n) is 5.97. The second-order valence-electron chi connectivity index (χ2n) is 8.97. The number of rotatable bonds is 10. The molecule has 1 heterocycles. The molecule has 37 heavy (non-hydrogen) atoms. The molecule has 1 unspecified atom stereocenters. The topological polar surface area (TPSA) is 92.7 Å². The van der Waals surface area contributed by atoms with Crippen LogP contribution in [0.25, 0.3) is 0 Å². The van der Waals surface area contributed by atoms with Gasteiger partial charge >= 0.3 is 5.97 Å². The van der Waals surface area contributed by atoms with E-state index in [1.807, 2.05) is 48.5 Å². The number of carboxylic acid groups (broad SMARTS) is 1. The summed E-state index contributed by atoms with van der Waals surface area (Å²) in [5.74, 6) is 1.29. The van der Waals surface area contributed by atoms with Crippen LogP contribution in [0.1, 0.15) is 51.9 Å². The summed E-state index contributed by atoms with van der Waals surface area (Å²) < 4.78 is 35.4. The Labute approximate surface area is 219 Å². The number of hydrogen-bond acceptors (Lipinski definition) is 7. The summed E-state index contributed by atoms with van der Waals surface area (Å²) in [4.78, 5) is 12.0. The van der Waals surface area contributed by atoms with Gasteiger partial charge in [0, 0.05) is 0 Å². The molecule has 8 heteroatoms. The average Bonchev–Trinajstić information content (AvgIpc) is 2.91. The SMILES string of the molecule is CCCCCCCCC(OC1COc2ccccc2OCCOCCOc2ccccc2OC1)C(=O)O. The maximum Gasteiger partial charge on any atom is 0.332 e. The predicted octanol–water partition coefficient (Wildman–Crippen LogP) is 5.52. The van der Waals surface area contributed by atoms with Gasteiger partial charge in [-0.1, -0.05) is 69.7 Å². The number of benzene rings is 2. The fraction of sp³-hybridized carbons (Fsp3) is 0.552. The Hall–Kier alpha value is -2.97. The first kappa shape index (κ1) is 28.6. The Kier molecular flexibility index (Phi) is 12.9. The minimum Gasteiger partial charge on any atom is -0.487 e. The zero-order chi connectivity index (χ0) is 26.1. The highest BCUT2D eigenvalue weighted by atomic mass is 16.6. The van der Waals surface area contributed by atoms with Crippen molar-refractivity contribution in [3.05, 3.63) is 48.5 Å². The monoisotopic (exact) mass is 516 g/mol. The van der Waals surface area contributed by atoms with E-state index in [2.05, 4.69) is 6.92 Å². The van der Waals surface area contributed by atoms with Crippen LogP contribution in [-0.4, -0.2) is 62.9 Å². The first-order valence-electron chi connectivity index (χ1n) is 13.3.